The molecule has 3 aliphatic rings. The van der Waals surface area contributed by atoms with E-state index in [1.165, 1.54) is 82.6 Å². The average Bonchev–Trinajstić information content (AvgIpc) is 3.32. The summed E-state index contributed by atoms with van der Waals surface area (Å²) in [4.78, 5) is 2.25. The molecule has 0 spiro atoms. The van der Waals surface area contributed by atoms with Gasteiger partial charge in [-0.25, -0.2) is 0 Å². The molecular weight excluding hydrogens is 641 g/mol. The molecule has 0 saturated carbocycles. The minimum Gasteiger partial charge on any atom is -0.338 e. The van der Waals surface area contributed by atoms with Crippen LogP contribution in [0.4, 0.5) is 5.69 Å². The maximum Gasteiger partial charge on any atom is 0.0841 e. The van der Waals surface area contributed by atoms with Crippen molar-refractivity contribution in [2.75, 3.05) is 11.9 Å². The van der Waals surface area contributed by atoms with Crippen LogP contribution in [0.5, 0.6) is 0 Å². The third-order valence-electron chi connectivity index (χ3n) is 11.7. The largest absolute Gasteiger partial charge is 0.338 e. The molecule has 254 valence electrons. The molecule has 1 heterocycles. The number of aryl methyl sites for hydroxylation is 1. The lowest BCUT2D eigenvalue weighted by Gasteiger charge is -2.33. The van der Waals surface area contributed by atoms with Gasteiger partial charge in [-0.2, -0.15) is 0 Å². The molecule has 0 bridgehead atoms. The smallest absolute Gasteiger partial charge is 0.0841 e. The fraction of sp³-hybridized carbons (Fsp3) is 0.118. The van der Waals surface area contributed by atoms with Gasteiger partial charge >= 0.3 is 0 Å². The highest BCUT2D eigenvalue weighted by Gasteiger charge is 2.29. The first-order valence-electron chi connectivity index (χ1n) is 18.8. The molecule has 53 heavy (non-hydrogen) atoms. The second kappa shape index (κ2) is 12.4. The summed E-state index contributed by atoms with van der Waals surface area (Å²) in [5.74, 6) is 0. The van der Waals surface area contributed by atoms with Gasteiger partial charge in [0, 0.05) is 34.6 Å². The van der Waals surface area contributed by atoms with Crippen LogP contribution in [-0.4, -0.2) is 11.6 Å². The van der Waals surface area contributed by atoms with Crippen molar-refractivity contribution >= 4 is 66.4 Å². The average molecular weight is 681 g/mol. The lowest BCUT2D eigenvalue weighted by molar-refractivity contribution is 0.601. The SMILES string of the molecule is CN(C1=C=CC=CC=C1)c1ccccc1C1(C)C=CC(c2ccc3c4ccccc4n(C4=Cc5c(c6ccccc6c6ccccc56)CC4)c3c2)=CC1. The monoisotopic (exact) mass is 680 g/mol. The van der Waals surface area contributed by atoms with E-state index in [2.05, 4.69) is 181 Å². The van der Waals surface area contributed by atoms with Crippen molar-refractivity contribution in [2.24, 2.45) is 0 Å². The molecule has 6 aromatic carbocycles. The van der Waals surface area contributed by atoms with Gasteiger partial charge in [0.05, 0.1) is 16.7 Å². The molecule has 2 heteroatoms. The summed E-state index contributed by atoms with van der Waals surface area (Å²) >= 11 is 0. The highest BCUT2D eigenvalue weighted by molar-refractivity contribution is 6.15. The van der Waals surface area contributed by atoms with E-state index >= 15 is 0 Å². The Morgan fingerprint density at radius 2 is 1.38 bits per heavy atom. The molecule has 1 aromatic heterocycles. The van der Waals surface area contributed by atoms with Crippen LogP contribution in [0, 0.1) is 0 Å². The van der Waals surface area contributed by atoms with E-state index in [1.54, 1.807) is 0 Å². The quantitative estimate of drug-likeness (QED) is 0.130. The van der Waals surface area contributed by atoms with Crippen LogP contribution in [0.1, 0.15) is 42.0 Å². The van der Waals surface area contributed by atoms with Crippen molar-refractivity contribution < 1.29 is 0 Å². The van der Waals surface area contributed by atoms with Gasteiger partial charge in [-0.05, 0) is 105 Å². The number of allylic oxidation sites excluding steroid dienone is 9. The summed E-state index contributed by atoms with van der Waals surface area (Å²) in [6.45, 7) is 2.36. The topological polar surface area (TPSA) is 8.17 Å². The summed E-state index contributed by atoms with van der Waals surface area (Å²) in [6.07, 6.45) is 22.8. The number of anilines is 1. The van der Waals surface area contributed by atoms with Crippen molar-refractivity contribution in [3.63, 3.8) is 0 Å². The highest BCUT2D eigenvalue weighted by Crippen LogP contribution is 2.44. The molecule has 0 fully saturated rings. The van der Waals surface area contributed by atoms with Gasteiger partial charge < -0.3 is 9.47 Å². The molecule has 0 amide bonds. The number of hydrogen-bond acceptors (Lipinski definition) is 1. The molecule has 0 N–H and O–H groups in total. The first-order valence-corrected chi connectivity index (χ1v) is 18.8. The number of aromatic nitrogens is 1. The lowest BCUT2D eigenvalue weighted by atomic mass is 9.74. The third kappa shape index (κ3) is 5.10. The van der Waals surface area contributed by atoms with Gasteiger partial charge in [0.25, 0.3) is 0 Å². The number of fused-ring (bicyclic) bond motifs is 9. The third-order valence-corrected chi connectivity index (χ3v) is 11.7. The van der Waals surface area contributed by atoms with E-state index in [1.807, 2.05) is 18.2 Å². The molecule has 3 aliphatic carbocycles. The van der Waals surface area contributed by atoms with Gasteiger partial charge in [0.2, 0.25) is 0 Å². The second-order valence-electron chi connectivity index (χ2n) is 14.8. The number of likely N-dealkylation sites (N-methyl/N-ethyl adjacent to an activating group) is 1. The summed E-state index contributed by atoms with van der Waals surface area (Å²) < 4.78 is 2.55. The van der Waals surface area contributed by atoms with Gasteiger partial charge in [-0.3, -0.25) is 0 Å². The Hall–Kier alpha value is -6.34. The minimum atomic E-state index is -0.141. The number of rotatable bonds is 5. The molecule has 1 unspecified atom stereocenters. The van der Waals surface area contributed by atoms with Crippen LogP contribution in [-0.2, 0) is 11.8 Å². The van der Waals surface area contributed by atoms with E-state index in [-0.39, 0.29) is 5.41 Å². The number of benzene rings is 6. The Balaban J connectivity index is 1.06. The maximum absolute atomic E-state index is 3.43. The Morgan fingerprint density at radius 3 is 2.21 bits per heavy atom. The number of hydrogen-bond donors (Lipinski definition) is 0. The van der Waals surface area contributed by atoms with Gasteiger partial charge in [0.15, 0.2) is 0 Å². The zero-order valence-corrected chi connectivity index (χ0v) is 30.2. The van der Waals surface area contributed by atoms with Crippen LogP contribution < -0.4 is 4.90 Å². The van der Waals surface area contributed by atoms with E-state index in [4.69, 9.17) is 0 Å². The summed E-state index contributed by atoms with van der Waals surface area (Å²) in [5, 5.41) is 8.00. The Bertz CT molecular complexity index is 2880. The minimum absolute atomic E-state index is 0.141. The van der Waals surface area contributed by atoms with Crippen molar-refractivity contribution in [1.82, 2.24) is 4.57 Å². The fourth-order valence-electron chi connectivity index (χ4n) is 8.98. The van der Waals surface area contributed by atoms with Crippen molar-refractivity contribution in [3.05, 3.63) is 198 Å². The van der Waals surface area contributed by atoms with Crippen molar-refractivity contribution in [2.45, 2.75) is 31.6 Å². The van der Waals surface area contributed by atoms with Crippen LogP contribution in [0.3, 0.4) is 0 Å². The maximum atomic E-state index is 3.43. The molecule has 2 nitrogen and oxygen atoms in total. The van der Waals surface area contributed by atoms with Crippen molar-refractivity contribution in [1.29, 1.82) is 0 Å². The molecule has 7 aromatic rings. The van der Waals surface area contributed by atoms with Gasteiger partial charge in [0.1, 0.15) is 0 Å². The molecule has 0 saturated heterocycles. The van der Waals surface area contributed by atoms with E-state index in [0.29, 0.717) is 0 Å². The number of nitrogens with zero attached hydrogens (tertiary/aromatic N) is 2. The molecule has 10 rings (SSSR count). The predicted molar refractivity (Wildman–Crippen MR) is 227 cm³/mol. The lowest BCUT2D eigenvalue weighted by Crippen LogP contribution is -2.25. The summed E-state index contributed by atoms with van der Waals surface area (Å²) in [7, 11) is 2.14. The zero-order valence-electron chi connectivity index (χ0n) is 30.2. The molecular formula is C51H40N2. The summed E-state index contributed by atoms with van der Waals surface area (Å²) in [6, 6.07) is 42.7. The summed E-state index contributed by atoms with van der Waals surface area (Å²) in [5.41, 5.74) is 16.1. The van der Waals surface area contributed by atoms with Crippen LogP contribution >= 0.6 is 0 Å². The molecule has 1 atom stereocenters. The first kappa shape index (κ1) is 31.4. The Kier molecular flexibility index (Phi) is 7.35. The van der Waals surface area contributed by atoms with E-state index in [0.717, 1.165) is 25.0 Å². The van der Waals surface area contributed by atoms with Gasteiger partial charge in [-0.15, -0.1) is 0 Å². The second-order valence-corrected chi connectivity index (χ2v) is 14.8. The van der Waals surface area contributed by atoms with Crippen LogP contribution in [0.2, 0.25) is 0 Å². The predicted octanol–water partition coefficient (Wildman–Crippen LogP) is 12.9. The van der Waals surface area contributed by atoms with Gasteiger partial charge in [-0.1, -0.05) is 146 Å². The van der Waals surface area contributed by atoms with Crippen molar-refractivity contribution in [3.8, 4) is 0 Å². The molecule has 0 radical (unpaired) electrons. The highest BCUT2D eigenvalue weighted by atomic mass is 15.1. The standard InChI is InChI=1S/C51H40N2/c1-51(47-22-12-14-24-49(47)52(2)37-15-5-3-4-6-16-37)31-29-35(30-32-51)36-25-27-45-44-21-11-13-23-48(44)53(50(45)33-36)38-26-28-43-41-19-8-7-17-39(41)40-18-9-10-20-42(40)46(43)34-38/h3-15,17-25,27,29-31,33-34H,26,28,32H2,1-2H3. The Morgan fingerprint density at radius 1 is 0.660 bits per heavy atom. The van der Waals surface area contributed by atoms with Crippen LogP contribution in [0.25, 0.3) is 60.7 Å². The first-order chi connectivity index (χ1) is 26.1. The van der Waals surface area contributed by atoms with E-state index < -0.39 is 0 Å². The van der Waals surface area contributed by atoms with Crippen LogP contribution in [0.15, 0.2) is 175 Å². The van der Waals surface area contributed by atoms with E-state index in [9.17, 15) is 0 Å². The zero-order chi connectivity index (χ0) is 35.5. The normalized spacial score (nSPS) is 18.0. The molecule has 0 aliphatic heterocycles. The Labute approximate surface area is 311 Å². The fourth-order valence-corrected chi connectivity index (χ4v) is 8.98. The number of para-hydroxylation sites is 2.